The Hall–Kier alpha value is -4.78. The van der Waals surface area contributed by atoms with Crippen LogP contribution in [0.15, 0.2) is 115 Å². The number of benzene rings is 5. The van der Waals surface area contributed by atoms with E-state index in [1.165, 1.54) is 58.7 Å². The summed E-state index contributed by atoms with van der Waals surface area (Å²) in [5.74, 6) is 1.14. The molecule has 2 spiro atoms. The topological polar surface area (TPSA) is 88.5 Å². The third kappa shape index (κ3) is 8.50. The van der Waals surface area contributed by atoms with Gasteiger partial charge in [-0.05, 0) is 126 Å². The molecule has 4 fully saturated rings. The van der Waals surface area contributed by atoms with E-state index in [1.807, 2.05) is 30.3 Å². The monoisotopic (exact) mass is 924 g/mol. The first-order valence-electron chi connectivity index (χ1n) is 22.0. The first-order chi connectivity index (χ1) is 29.6. The molecule has 2 saturated carbocycles. The van der Waals surface area contributed by atoms with Gasteiger partial charge in [0.25, 0.3) is 0 Å². The number of phenolic OH excluding ortho intramolecular Hbond substituents is 1. The maximum atomic E-state index is 12.1. The average molecular weight is 925 g/mol. The van der Waals surface area contributed by atoms with Gasteiger partial charge in [0.2, 0.25) is 0 Å². The average Bonchev–Trinajstić information content (AvgIpc) is 4.16. The summed E-state index contributed by atoms with van der Waals surface area (Å²) in [5.41, 5.74) is 12.2. The van der Waals surface area contributed by atoms with E-state index in [4.69, 9.17) is 14.2 Å². The second kappa shape index (κ2) is 16.7. The summed E-state index contributed by atoms with van der Waals surface area (Å²) in [6, 6.07) is 39.8. The smallest absolute Gasteiger partial charge is 0.313 e. The zero-order chi connectivity index (χ0) is 41.8. The first-order valence-corrected chi connectivity index (χ1v) is 22.0. The van der Waals surface area contributed by atoms with Gasteiger partial charge in [0.05, 0.1) is 25.0 Å². The van der Waals surface area contributed by atoms with Crippen molar-refractivity contribution in [3.63, 3.8) is 0 Å². The largest absolute Gasteiger partial charge is 0.508 e. The Kier molecular flexibility index (Phi) is 11.5. The van der Waals surface area contributed by atoms with Crippen LogP contribution in [-0.2, 0) is 71.8 Å². The molecular formula is C53H58N2O6Pd. The van der Waals surface area contributed by atoms with Crippen LogP contribution in [0.1, 0.15) is 54.9 Å². The number of hydrogen-bond acceptors (Lipinski definition) is 8. The van der Waals surface area contributed by atoms with Gasteiger partial charge in [-0.1, -0.05) is 91.0 Å². The van der Waals surface area contributed by atoms with Gasteiger partial charge in [0.1, 0.15) is 18.1 Å². The van der Waals surface area contributed by atoms with Gasteiger partial charge in [-0.25, -0.2) is 0 Å². The molecule has 4 aliphatic carbocycles. The fraction of sp³-hybridized carbons (Fsp3) is 0.396. The zero-order valence-electron chi connectivity index (χ0n) is 35.8. The number of likely N-dealkylation sites (tertiary alicyclic amines) is 2. The molecular weight excluding hydrogens is 867 g/mol. The van der Waals surface area contributed by atoms with Gasteiger partial charge in [-0.15, -0.1) is 0 Å². The van der Waals surface area contributed by atoms with Crippen LogP contribution in [0.4, 0.5) is 0 Å². The van der Waals surface area contributed by atoms with E-state index in [2.05, 4.69) is 82.6 Å². The quantitative estimate of drug-likeness (QED) is 0.104. The molecule has 6 aliphatic rings. The van der Waals surface area contributed by atoms with Crippen LogP contribution in [0.5, 0.6) is 11.5 Å². The molecule has 0 radical (unpaired) electrons. The number of carbonyl (C=O) groups excluding carboxylic acids is 2. The summed E-state index contributed by atoms with van der Waals surface area (Å²) in [5, 5.41) is 9.49. The van der Waals surface area contributed by atoms with E-state index in [0.29, 0.717) is 23.2 Å². The first kappa shape index (κ1) is 42.5. The van der Waals surface area contributed by atoms with Gasteiger partial charge in [-0.2, -0.15) is 0 Å². The van der Waals surface area contributed by atoms with Gasteiger partial charge in [-0.3, -0.25) is 9.59 Å². The molecule has 5 aromatic carbocycles. The minimum absolute atomic E-state index is 0. The molecule has 0 unspecified atom stereocenters. The Labute approximate surface area is 380 Å². The van der Waals surface area contributed by atoms with E-state index in [0.717, 1.165) is 102 Å². The molecule has 0 aromatic heterocycles. The molecule has 0 bridgehead atoms. The van der Waals surface area contributed by atoms with Gasteiger partial charge >= 0.3 is 11.9 Å². The number of carbonyl (C=O) groups is 2. The second-order valence-corrected chi connectivity index (χ2v) is 19.4. The van der Waals surface area contributed by atoms with Crippen molar-refractivity contribution in [3.8, 4) is 33.8 Å². The number of esters is 2. The van der Waals surface area contributed by atoms with Crippen LogP contribution in [0, 0.1) is 21.7 Å². The predicted octanol–water partition coefficient (Wildman–Crippen LogP) is 8.94. The number of rotatable bonds is 11. The van der Waals surface area contributed by atoms with Gasteiger partial charge in [0, 0.05) is 71.9 Å². The van der Waals surface area contributed by atoms with E-state index in [-0.39, 0.29) is 44.6 Å². The number of nitrogens with zero attached hydrogens (tertiary/aromatic N) is 2. The number of hydrogen-bond donors (Lipinski definition) is 1. The molecule has 0 atom stereocenters. The van der Waals surface area contributed by atoms with Crippen LogP contribution < -0.4 is 4.74 Å². The molecule has 5 aromatic rings. The van der Waals surface area contributed by atoms with Crippen molar-refractivity contribution >= 4 is 11.9 Å². The van der Waals surface area contributed by atoms with Crippen LogP contribution in [0.2, 0.25) is 0 Å². The summed E-state index contributed by atoms with van der Waals surface area (Å²) >= 11 is 0. The number of phenols is 1. The van der Waals surface area contributed by atoms with Crippen molar-refractivity contribution < 1.29 is 50.8 Å². The Balaban J connectivity index is 0.000000172. The third-order valence-electron chi connectivity index (χ3n) is 14.5. The normalized spacial score (nSPS) is 20.0. The van der Waals surface area contributed by atoms with Crippen LogP contribution in [0.25, 0.3) is 22.3 Å². The maximum absolute atomic E-state index is 12.1. The van der Waals surface area contributed by atoms with Gasteiger partial charge in [0.15, 0.2) is 0 Å². The van der Waals surface area contributed by atoms with E-state index in [9.17, 15) is 14.7 Å². The molecule has 8 nitrogen and oxygen atoms in total. The molecule has 326 valence electrons. The molecule has 2 heterocycles. The molecule has 2 aliphatic heterocycles. The van der Waals surface area contributed by atoms with E-state index < -0.39 is 0 Å². The maximum Gasteiger partial charge on any atom is 0.313 e. The molecule has 1 N–H and O–H groups in total. The summed E-state index contributed by atoms with van der Waals surface area (Å²) in [6.07, 6.45) is 8.44. The predicted molar refractivity (Wildman–Crippen MR) is 238 cm³/mol. The molecule has 9 heteroatoms. The number of methoxy groups -OCH3 is 2. The van der Waals surface area contributed by atoms with E-state index in [1.54, 1.807) is 12.1 Å². The van der Waals surface area contributed by atoms with Crippen molar-refractivity contribution in [3.05, 3.63) is 143 Å². The Morgan fingerprint density at radius 3 is 1.42 bits per heavy atom. The number of fused-ring (bicyclic) bond motifs is 2. The van der Waals surface area contributed by atoms with Crippen LogP contribution in [-0.4, -0.2) is 80.3 Å². The van der Waals surface area contributed by atoms with Crippen molar-refractivity contribution in [1.29, 1.82) is 0 Å². The van der Waals surface area contributed by atoms with Crippen molar-refractivity contribution in [2.75, 3.05) is 53.5 Å². The van der Waals surface area contributed by atoms with Gasteiger partial charge < -0.3 is 29.1 Å². The van der Waals surface area contributed by atoms with Crippen LogP contribution >= 0.6 is 0 Å². The number of aromatic hydroxyl groups is 1. The third-order valence-corrected chi connectivity index (χ3v) is 14.5. The molecule has 2 saturated heterocycles. The fourth-order valence-corrected chi connectivity index (χ4v) is 11.1. The van der Waals surface area contributed by atoms with Crippen molar-refractivity contribution in [1.82, 2.24) is 9.80 Å². The zero-order valence-corrected chi connectivity index (χ0v) is 37.3. The number of ether oxygens (including phenoxy) is 3. The van der Waals surface area contributed by atoms with Crippen LogP contribution in [0.3, 0.4) is 0 Å². The minimum atomic E-state index is -0.216. The Morgan fingerprint density at radius 1 is 0.565 bits per heavy atom. The summed E-state index contributed by atoms with van der Waals surface area (Å²) < 4.78 is 16.0. The molecule has 62 heavy (non-hydrogen) atoms. The van der Waals surface area contributed by atoms with Crippen molar-refractivity contribution in [2.45, 2.75) is 58.0 Å². The summed E-state index contributed by atoms with van der Waals surface area (Å²) in [6.45, 7) is 6.63. The summed E-state index contributed by atoms with van der Waals surface area (Å²) in [7, 11) is 3.01. The Bertz CT molecular complexity index is 2440. The molecule has 0 amide bonds. The standard InChI is InChI=1S/C30H31NO3.C23H25NO3.Pd.H2/c1-33-28(32)30(13-14-30)21-31-19-29(20-31)16-25-8-7-24(15-26(25)17-29)23-9-11-27(12-10-23)34-18-22-5-3-2-4-6-22;1-27-21(26)23(8-9-23)15-24-13-22(14-24)11-18-3-2-17(10-19(18)12-22)16-4-6-20(25)7-5-16;;/h2-12,15H,13-14,16-21H2,1H3;2-7,10,25H,8-9,11-15H2,1H3;;1H. The van der Waals surface area contributed by atoms with Crippen molar-refractivity contribution in [2.24, 2.45) is 21.7 Å². The second-order valence-electron chi connectivity index (χ2n) is 19.4. The Morgan fingerprint density at radius 2 is 0.984 bits per heavy atom. The SMILES string of the molecule is COC(=O)C1(CN2CC3(Cc4ccc(-c5ccc(O)cc5)cc4C3)C2)CC1.COC(=O)C1(CN2CC3(Cc4ccc(-c5ccc(OCc6ccccc6)cc5)cc4C3)C2)CC1.[HH].[Pd]. The summed E-state index contributed by atoms with van der Waals surface area (Å²) in [4.78, 5) is 29.0. The van der Waals surface area contributed by atoms with E-state index >= 15 is 0 Å². The molecule has 11 rings (SSSR count). The fourth-order valence-electron chi connectivity index (χ4n) is 11.1. The minimum Gasteiger partial charge on any atom is -0.508 e.